The van der Waals surface area contributed by atoms with Crippen LogP contribution in [0.4, 0.5) is 0 Å². The van der Waals surface area contributed by atoms with Crippen LogP contribution in [0.3, 0.4) is 0 Å². The normalized spacial score (nSPS) is 20.6. The maximum absolute atomic E-state index is 5.56. The third-order valence-electron chi connectivity index (χ3n) is 4.77. The number of rotatable bonds is 6. The lowest BCUT2D eigenvalue weighted by molar-refractivity contribution is 0.0339. The first-order valence-electron chi connectivity index (χ1n) is 8.74. The minimum Gasteiger partial charge on any atom is -0.496 e. The van der Waals surface area contributed by atoms with Crippen LogP contribution in [0.1, 0.15) is 11.1 Å². The van der Waals surface area contributed by atoms with Gasteiger partial charge in [-0.05, 0) is 18.1 Å². The first-order valence-corrected chi connectivity index (χ1v) is 8.74. The van der Waals surface area contributed by atoms with Crippen molar-refractivity contribution >= 4 is 0 Å². The number of nitrogens with zero attached hydrogens (tertiary/aromatic N) is 2. The molecule has 0 saturated carbocycles. The predicted molar refractivity (Wildman–Crippen MR) is 92.1 cm³/mol. The molecule has 0 aromatic heterocycles. The summed E-state index contributed by atoms with van der Waals surface area (Å²) in [5.74, 6) is 1.00. The molecule has 3 rings (SSSR count). The van der Waals surface area contributed by atoms with Crippen LogP contribution in [0.15, 0.2) is 18.2 Å². The van der Waals surface area contributed by atoms with Gasteiger partial charge in [0.1, 0.15) is 5.75 Å². The van der Waals surface area contributed by atoms with Gasteiger partial charge in [-0.25, -0.2) is 0 Å². The molecule has 0 amide bonds. The average Bonchev–Trinajstić information content (AvgIpc) is 2.62. The van der Waals surface area contributed by atoms with Crippen molar-refractivity contribution in [2.45, 2.75) is 13.0 Å². The molecule has 2 saturated heterocycles. The molecule has 5 nitrogen and oxygen atoms in total. The molecule has 5 heteroatoms. The molecule has 128 valence electrons. The van der Waals surface area contributed by atoms with Gasteiger partial charge in [-0.1, -0.05) is 12.1 Å². The topological polar surface area (TPSA) is 37.0 Å². The summed E-state index contributed by atoms with van der Waals surface area (Å²) in [6.45, 7) is 10.3. The summed E-state index contributed by atoms with van der Waals surface area (Å²) in [6, 6.07) is 6.67. The van der Waals surface area contributed by atoms with Gasteiger partial charge in [0.15, 0.2) is 0 Å². The van der Waals surface area contributed by atoms with E-state index in [0.29, 0.717) is 0 Å². The molecule has 2 heterocycles. The number of hydrogen-bond donors (Lipinski definition) is 1. The van der Waals surface area contributed by atoms with Gasteiger partial charge in [0, 0.05) is 57.9 Å². The Bertz CT molecular complexity index is 483. The number of morpholine rings is 1. The lowest BCUT2D eigenvalue weighted by Gasteiger charge is -2.28. The highest BCUT2D eigenvalue weighted by molar-refractivity contribution is 5.37. The molecule has 0 unspecified atom stereocenters. The number of benzene rings is 1. The minimum atomic E-state index is 0.838. The van der Waals surface area contributed by atoms with Crippen molar-refractivity contribution in [3.63, 3.8) is 0 Å². The van der Waals surface area contributed by atoms with E-state index in [1.165, 1.54) is 11.1 Å². The third-order valence-corrected chi connectivity index (χ3v) is 4.77. The van der Waals surface area contributed by atoms with E-state index in [0.717, 1.165) is 77.7 Å². The van der Waals surface area contributed by atoms with Gasteiger partial charge in [-0.2, -0.15) is 0 Å². The van der Waals surface area contributed by atoms with Gasteiger partial charge in [0.25, 0.3) is 0 Å². The van der Waals surface area contributed by atoms with Crippen molar-refractivity contribution in [2.24, 2.45) is 0 Å². The molecule has 1 N–H and O–H groups in total. The van der Waals surface area contributed by atoms with E-state index in [1.807, 2.05) is 0 Å². The third kappa shape index (κ3) is 4.91. The van der Waals surface area contributed by atoms with E-state index in [-0.39, 0.29) is 0 Å². The molecule has 1 aromatic rings. The molecule has 0 aliphatic carbocycles. The number of piperazine rings is 1. The molecule has 0 atom stereocenters. The summed E-state index contributed by atoms with van der Waals surface area (Å²) in [6.07, 6.45) is 1.11. The highest BCUT2D eigenvalue weighted by atomic mass is 16.5. The highest BCUT2D eigenvalue weighted by Crippen LogP contribution is 2.22. The Labute approximate surface area is 139 Å². The van der Waals surface area contributed by atoms with Gasteiger partial charge >= 0.3 is 0 Å². The summed E-state index contributed by atoms with van der Waals surface area (Å²) >= 11 is 0. The lowest BCUT2D eigenvalue weighted by atomic mass is 10.1. The molecule has 0 bridgehead atoms. The number of ether oxygens (including phenoxy) is 2. The smallest absolute Gasteiger partial charge is 0.123 e. The van der Waals surface area contributed by atoms with Crippen LogP contribution < -0.4 is 10.1 Å². The fourth-order valence-corrected chi connectivity index (χ4v) is 3.33. The van der Waals surface area contributed by atoms with Crippen molar-refractivity contribution < 1.29 is 9.47 Å². The minimum absolute atomic E-state index is 0.838. The van der Waals surface area contributed by atoms with Crippen molar-refractivity contribution in [1.29, 1.82) is 0 Å². The summed E-state index contributed by atoms with van der Waals surface area (Å²) < 4.78 is 11.0. The molecule has 2 aliphatic rings. The van der Waals surface area contributed by atoms with E-state index in [9.17, 15) is 0 Å². The van der Waals surface area contributed by atoms with Crippen LogP contribution in [0.2, 0.25) is 0 Å². The fourth-order valence-electron chi connectivity index (χ4n) is 3.33. The number of nitrogens with one attached hydrogen (secondary N) is 1. The zero-order chi connectivity index (χ0) is 15.9. The molecule has 23 heavy (non-hydrogen) atoms. The molecule has 0 spiro atoms. The first kappa shape index (κ1) is 16.7. The monoisotopic (exact) mass is 319 g/mol. The molecular formula is C18H29N3O2. The van der Waals surface area contributed by atoms with E-state index in [1.54, 1.807) is 7.11 Å². The van der Waals surface area contributed by atoms with Gasteiger partial charge in [0.05, 0.1) is 20.3 Å². The van der Waals surface area contributed by atoms with Crippen molar-refractivity contribution in [3.8, 4) is 5.75 Å². The van der Waals surface area contributed by atoms with E-state index in [2.05, 4.69) is 33.3 Å². The first-order chi connectivity index (χ1) is 11.3. The Kier molecular flexibility index (Phi) is 6.28. The zero-order valence-corrected chi connectivity index (χ0v) is 14.2. The molecule has 0 radical (unpaired) electrons. The summed E-state index contributed by atoms with van der Waals surface area (Å²) in [7, 11) is 1.76. The summed E-state index contributed by atoms with van der Waals surface area (Å²) in [5.41, 5.74) is 2.71. The van der Waals surface area contributed by atoms with Crippen molar-refractivity contribution in [3.05, 3.63) is 29.3 Å². The number of methoxy groups -OCH3 is 1. The Morgan fingerprint density at radius 1 is 1.09 bits per heavy atom. The van der Waals surface area contributed by atoms with Gasteiger partial charge in [-0.15, -0.1) is 0 Å². The zero-order valence-electron chi connectivity index (χ0n) is 14.2. The second-order valence-corrected chi connectivity index (χ2v) is 6.38. The van der Waals surface area contributed by atoms with E-state index >= 15 is 0 Å². The van der Waals surface area contributed by atoms with Gasteiger partial charge in [0.2, 0.25) is 0 Å². The number of hydrogen-bond acceptors (Lipinski definition) is 5. The Morgan fingerprint density at radius 2 is 1.87 bits per heavy atom. The van der Waals surface area contributed by atoms with Gasteiger partial charge < -0.3 is 19.7 Å². The van der Waals surface area contributed by atoms with Crippen LogP contribution in [-0.4, -0.2) is 75.9 Å². The quantitative estimate of drug-likeness (QED) is 0.846. The predicted octanol–water partition coefficient (Wildman–Crippen LogP) is 0.975. The standard InChI is InChI=1S/C18H29N3O2/c1-22-18-3-2-16(4-7-20-8-5-19-6-9-20)14-17(18)15-21-10-12-23-13-11-21/h2-3,14,19H,4-13,15H2,1H3. The Hall–Kier alpha value is -1.14. The average molecular weight is 319 g/mol. The lowest BCUT2D eigenvalue weighted by Crippen LogP contribution is -2.44. The Balaban J connectivity index is 1.60. The van der Waals surface area contributed by atoms with Crippen LogP contribution in [0, 0.1) is 0 Å². The second-order valence-electron chi connectivity index (χ2n) is 6.38. The molecular weight excluding hydrogens is 290 g/mol. The Morgan fingerprint density at radius 3 is 2.61 bits per heavy atom. The van der Waals surface area contributed by atoms with Crippen molar-refractivity contribution in [1.82, 2.24) is 15.1 Å². The van der Waals surface area contributed by atoms with Crippen LogP contribution in [0.25, 0.3) is 0 Å². The van der Waals surface area contributed by atoms with Gasteiger partial charge in [-0.3, -0.25) is 4.90 Å². The molecule has 2 fully saturated rings. The van der Waals surface area contributed by atoms with Crippen LogP contribution in [-0.2, 0) is 17.7 Å². The SMILES string of the molecule is COc1ccc(CCN2CCNCC2)cc1CN1CCOCC1. The van der Waals surface area contributed by atoms with E-state index < -0.39 is 0 Å². The largest absolute Gasteiger partial charge is 0.496 e. The molecule has 1 aromatic carbocycles. The summed E-state index contributed by atoms with van der Waals surface area (Å²) in [4.78, 5) is 4.99. The second kappa shape index (κ2) is 8.64. The molecule has 2 aliphatic heterocycles. The van der Waals surface area contributed by atoms with E-state index in [4.69, 9.17) is 9.47 Å². The summed E-state index contributed by atoms with van der Waals surface area (Å²) in [5, 5.41) is 3.41. The highest BCUT2D eigenvalue weighted by Gasteiger charge is 2.14. The van der Waals surface area contributed by atoms with Crippen LogP contribution in [0.5, 0.6) is 5.75 Å². The fraction of sp³-hybridized carbons (Fsp3) is 0.667. The maximum atomic E-state index is 5.56. The van der Waals surface area contributed by atoms with Crippen molar-refractivity contribution in [2.75, 3.05) is 66.1 Å². The van der Waals surface area contributed by atoms with Crippen LogP contribution >= 0.6 is 0 Å². The maximum Gasteiger partial charge on any atom is 0.123 e.